The van der Waals surface area contributed by atoms with E-state index < -0.39 is 4.92 Å². The minimum atomic E-state index is -0.574. The van der Waals surface area contributed by atoms with E-state index in [4.69, 9.17) is 4.42 Å². The highest BCUT2D eigenvalue weighted by Crippen LogP contribution is 2.28. The molecule has 0 aliphatic carbocycles. The van der Waals surface area contributed by atoms with Crippen LogP contribution in [-0.2, 0) is 6.54 Å². The van der Waals surface area contributed by atoms with E-state index in [0.717, 1.165) is 11.6 Å². The van der Waals surface area contributed by atoms with Gasteiger partial charge in [0.15, 0.2) is 10.8 Å². The molecule has 0 fully saturated rings. The van der Waals surface area contributed by atoms with Crippen LogP contribution < -0.4 is 5.32 Å². The molecule has 0 bridgehead atoms. The average molecular weight is 282 g/mol. The molecule has 0 aromatic carbocycles. The summed E-state index contributed by atoms with van der Waals surface area (Å²) in [5.74, 6) is 0.657. The summed E-state index contributed by atoms with van der Waals surface area (Å²) in [6.45, 7) is 5.79. The standard InChI is InChI=1S/C11H14N4O3S/c1-7(2)5-12-6-9-13-14-11(19-9)8-3-4-10(18-8)15(16)17/h3-4,7,12H,5-6H2,1-2H3. The Balaban J connectivity index is 2.01. The number of rotatable bonds is 6. The second-order valence-corrected chi connectivity index (χ2v) is 5.48. The van der Waals surface area contributed by atoms with Gasteiger partial charge in [-0.1, -0.05) is 25.2 Å². The molecule has 0 saturated heterocycles. The fourth-order valence-corrected chi connectivity index (χ4v) is 2.20. The molecular formula is C11H14N4O3S. The first-order valence-corrected chi connectivity index (χ1v) is 6.65. The Labute approximate surface area is 113 Å². The predicted octanol–water partition coefficient (Wildman–Crippen LogP) is 2.45. The summed E-state index contributed by atoms with van der Waals surface area (Å²) in [5, 5.41) is 23.2. The maximum Gasteiger partial charge on any atom is 0.433 e. The SMILES string of the molecule is CC(C)CNCc1nnc(-c2ccc([N+](=O)[O-])o2)s1. The molecule has 0 aliphatic heterocycles. The normalized spacial score (nSPS) is 11.1. The minimum absolute atomic E-state index is 0.287. The van der Waals surface area contributed by atoms with E-state index in [-0.39, 0.29) is 5.88 Å². The van der Waals surface area contributed by atoms with Gasteiger partial charge in [-0.05, 0) is 18.5 Å². The van der Waals surface area contributed by atoms with Crippen LogP contribution in [0.3, 0.4) is 0 Å². The lowest BCUT2D eigenvalue weighted by Gasteiger charge is -2.03. The zero-order valence-corrected chi connectivity index (χ0v) is 11.4. The zero-order chi connectivity index (χ0) is 13.8. The summed E-state index contributed by atoms with van der Waals surface area (Å²) in [7, 11) is 0. The predicted molar refractivity (Wildman–Crippen MR) is 70.8 cm³/mol. The third kappa shape index (κ3) is 3.58. The monoisotopic (exact) mass is 282 g/mol. The summed E-state index contributed by atoms with van der Waals surface area (Å²) in [6.07, 6.45) is 0. The van der Waals surface area contributed by atoms with Gasteiger partial charge in [0.25, 0.3) is 0 Å². The summed E-state index contributed by atoms with van der Waals surface area (Å²) in [6, 6.07) is 2.84. The lowest BCUT2D eigenvalue weighted by atomic mass is 10.2. The van der Waals surface area contributed by atoms with E-state index in [0.29, 0.717) is 23.2 Å². The highest BCUT2D eigenvalue weighted by molar-refractivity contribution is 7.14. The van der Waals surface area contributed by atoms with Crippen LogP contribution in [0.25, 0.3) is 10.8 Å². The number of furan rings is 1. The van der Waals surface area contributed by atoms with Gasteiger partial charge < -0.3 is 9.73 Å². The molecule has 0 spiro atoms. The fraction of sp³-hybridized carbons (Fsp3) is 0.455. The number of nitro groups is 1. The number of hydrogen-bond donors (Lipinski definition) is 1. The Morgan fingerprint density at radius 2 is 2.26 bits per heavy atom. The van der Waals surface area contributed by atoms with Gasteiger partial charge in [0.1, 0.15) is 9.93 Å². The van der Waals surface area contributed by atoms with Crippen molar-refractivity contribution in [2.24, 2.45) is 5.92 Å². The van der Waals surface area contributed by atoms with Gasteiger partial charge in [0.05, 0.1) is 6.07 Å². The number of hydrogen-bond acceptors (Lipinski definition) is 7. The van der Waals surface area contributed by atoms with Crippen LogP contribution >= 0.6 is 11.3 Å². The first kappa shape index (κ1) is 13.6. The topological polar surface area (TPSA) is 94.1 Å². The Kier molecular flexibility index (Phi) is 4.23. The van der Waals surface area contributed by atoms with Crippen LogP contribution in [0.2, 0.25) is 0 Å². The van der Waals surface area contributed by atoms with Crippen LogP contribution in [-0.4, -0.2) is 21.7 Å². The molecule has 7 nitrogen and oxygen atoms in total. The molecule has 0 saturated carbocycles. The Bertz CT molecular complexity index is 564. The number of aromatic nitrogens is 2. The van der Waals surface area contributed by atoms with Crippen LogP contribution in [0.4, 0.5) is 5.88 Å². The van der Waals surface area contributed by atoms with E-state index in [1.165, 1.54) is 23.5 Å². The molecule has 19 heavy (non-hydrogen) atoms. The van der Waals surface area contributed by atoms with Gasteiger partial charge in [0, 0.05) is 6.54 Å². The Morgan fingerprint density at radius 3 is 2.89 bits per heavy atom. The van der Waals surface area contributed by atoms with Crippen LogP contribution in [0.1, 0.15) is 18.9 Å². The molecule has 1 N–H and O–H groups in total. The largest absolute Gasteiger partial charge is 0.433 e. The van der Waals surface area contributed by atoms with Gasteiger partial charge in [-0.3, -0.25) is 10.1 Å². The molecule has 0 unspecified atom stereocenters. The summed E-state index contributed by atoms with van der Waals surface area (Å²) < 4.78 is 5.08. The van der Waals surface area contributed by atoms with Crippen molar-refractivity contribution >= 4 is 17.2 Å². The van der Waals surface area contributed by atoms with E-state index in [1.807, 2.05) is 0 Å². The molecule has 0 atom stereocenters. The first-order valence-electron chi connectivity index (χ1n) is 5.84. The van der Waals surface area contributed by atoms with Crippen molar-refractivity contribution in [3.63, 3.8) is 0 Å². The average Bonchev–Trinajstić information content (AvgIpc) is 2.95. The third-order valence-electron chi connectivity index (χ3n) is 2.28. The van der Waals surface area contributed by atoms with E-state index in [1.54, 1.807) is 0 Å². The highest BCUT2D eigenvalue weighted by atomic mass is 32.1. The molecule has 102 valence electrons. The van der Waals surface area contributed by atoms with Gasteiger partial charge in [0.2, 0.25) is 0 Å². The molecule has 0 amide bonds. The molecule has 8 heteroatoms. The minimum Gasteiger partial charge on any atom is -0.398 e. The maximum absolute atomic E-state index is 10.5. The van der Waals surface area contributed by atoms with E-state index in [9.17, 15) is 10.1 Å². The second kappa shape index (κ2) is 5.89. The van der Waals surface area contributed by atoms with Crippen molar-refractivity contribution in [3.05, 3.63) is 27.3 Å². The van der Waals surface area contributed by atoms with Crippen molar-refractivity contribution in [1.29, 1.82) is 0 Å². The number of nitrogens with one attached hydrogen (secondary N) is 1. The van der Waals surface area contributed by atoms with Crippen molar-refractivity contribution < 1.29 is 9.34 Å². The molecule has 0 radical (unpaired) electrons. The lowest BCUT2D eigenvalue weighted by molar-refractivity contribution is -0.401. The molecule has 2 rings (SSSR count). The second-order valence-electron chi connectivity index (χ2n) is 4.42. The smallest absolute Gasteiger partial charge is 0.398 e. The van der Waals surface area contributed by atoms with Crippen LogP contribution in [0, 0.1) is 16.0 Å². The zero-order valence-electron chi connectivity index (χ0n) is 10.6. The summed E-state index contributed by atoms with van der Waals surface area (Å²) >= 11 is 1.36. The fourth-order valence-electron chi connectivity index (χ4n) is 1.43. The molecule has 0 aliphatic rings. The Morgan fingerprint density at radius 1 is 1.47 bits per heavy atom. The third-order valence-corrected chi connectivity index (χ3v) is 3.22. The molecule has 2 aromatic heterocycles. The van der Waals surface area contributed by atoms with Gasteiger partial charge in [-0.2, -0.15) is 0 Å². The van der Waals surface area contributed by atoms with Crippen LogP contribution in [0.15, 0.2) is 16.5 Å². The van der Waals surface area contributed by atoms with Gasteiger partial charge in [-0.25, -0.2) is 0 Å². The summed E-state index contributed by atoms with van der Waals surface area (Å²) in [4.78, 5) is 9.95. The lowest BCUT2D eigenvalue weighted by Crippen LogP contribution is -2.18. The van der Waals surface area contributed by atoms with Crippen molar-refractivity contribution in [2.45, 2.75) is 20.4 Å². The first-order chi connectivity index (χ1) is 9.06. The summed E-state index contributed by atoms with van der Waals surface area (Å²) in [5.41, 5.74) is 0. The molecule has 2 heterocycles. The molecule has 2 aromatic rings. The van der Waals surface area contributed by atoms with Gasteiger partial charge in [-0.15, -0.1) is 10.2 Å². The van der Waals surface area contributed by atoms with Crippen LogP contribution in [0.5, 0.6) is 0 Å². The van der Waals surface area contributed by atoms with E-state index in [2.05, 4.69) is 29.4 Å². The highest BCUT2D eigenvalue weighted by Gasteiger charge is 2.16. The maximum atomic E-state index is 10.5. The van der Waals surface area contributed by atoms with Gasteiger partial charge >= 0.3 is 5.88 Å². The van der Waals surface area contributed by atoms with Crippen molar-refractivity contribution in [2.75, 3.05) is 6.54 Å². The number of nitrogens with zero attached hydrogens (tertiary/aromatic N) is 3. The van der Waals surface area contributed by atoms with Crippen molar-refractivity contribution in [1.82, 2.24) is 15.5 Å². The Hall–Kier alpha value is -1.80. The van der Waals surface area contributed by atoms with Crippen molar-refractivity contribution in [3.8, 4) is 10.8 Å². The van der Waals surface area contributed by atoms with E-state index >= 15 is 0 Å². The molecular weight excluding hydrogens is 268 g/mol. The quantitative estimate of drug-likeness (QED) is 0.646.